The van der Waals surface area contributed by atoms with Crippen LogP contribution in [0.25, 0.3) is 0 Å². The van der Waals surface area contributed by atoms with Crippen molar-refractivity contribution in [3.05, 3.63) is 34.9 Å². The van der Waals surface area contributed by atoms with Gasteiger partial charge in [0.15, 0.2) is 6.10 Å². The molecule has 2 rings (SSSR count). The van der Waals surface area contributed by atoms with Crippen molar-refractivity contribution in [3.8, 4) is 0 Å². The molecular weight excluding hydrogens is 256 g/mol. The van der Waals surface area contributed by atoms with Crippen molar-refractivity contribution >= 4 is 5.97 Å². The number of benzene rings is 1. The first-order chi connectivity index (χ1) is 9.63. The number of carbonyl (C=O) groups is 1. The zero-order valence-electron chi connectivity index (χ0n) is 12.1. The molecule has 0 aromatic heterocycles. The van der Waals surface area contributed by atoms with E-state index in [-0.39, 0.29) is 5.97 Å². The number of hydrogen-bond acceptors (Lipinski definition) is 5. The Morgan fingerprint density at radius 2 is 2.35 bits per heavy atom. The van der Waals surface area contributed by atoms with Crippen molar-refractivity contribution in [1.29, 1.82) is 0 Å². The predicted octanol–water partition coefficient (Wildman–Crippen LogP) is 0.828. The van der Waals surface area contributed by atoms with Crippen molar-refractivity contribution < 1.29 is 14.3 Å². The molecule has 1 saturated heterocycles. The van der Waals surface area contributed by atoms with Crippen LogP contribution in [0.4, 0.5) is 0 Å². The van der Waals surface area contributed by atoms with E-state index in [0.29, 0.717) is 19.7 Å². The fraction of sp³-hybridized carbons (Fsp3) is 0.533. The summed E-state index contributed by atoms with van der Waals surface area (Å²) in [6, 6.07) is 6.29. The van der Waals surface area contributed by atoms with Gasteiger partial charge in [-0.2, -0.15) is 0 Å². The fourth-order valence-corrected chi connectivity index (χ4v) is 2.42. The molecule has 0 aliphatic carbocycles. The van der Waals surface area contributed by atoms with Crippen LogP contribution in [0.15, 0.2) is 18.2 Å². The first-order valence-corrected chi connectivity index (χ1v) is 6.84. The molecule has 0 amide bonds. The van der Waals surface area contributed by atoms with Gasteiger partial charge < -0.3 is 15.2 Å². The second kappa shape index (κ2) is 6.83. The molecule has 1 aliphatic rings. The maximum Gasteiger partial charge on any atom is 0.336 e. The summed E-state index contributed by atoms with van der Waals surface area (Å²) in [5.41, 5.74) is 9.27. The Kier molecular flexibility index (Phi) is 5.11. The van der Waals surface area contributed by atoms with Gasteiger partial charge in [0, 0.05) is 26.2 Å². The molecule has 1 aromatic rings. The number of esters is 1. The van der Waals surface area contributed by atoms with Crippen LogP contribution in [0.1, 0.15) is 16.7 Å². The Morgan fingerprint density at radius 1 is 1.55 bits per heavy atom. The van der Waals surface area contributed by atoms with E-state index in [9.17, 15) is 4.79 Å². The number of ether oxygens (including phenoxy) is 2. The Balaban J connectivity index is 2.00. The van der Waals surface area contributed by atoms with E-state index in [1.807, 2.05) is 0 Å². The molecule has 20 heavy (non-hydrogen) atoms. The summed E-state index contributed by atoms with van der Waals surface area (Å²) in [5, 5.41) is 0. The van der Waals surface area contributed by atoms with Gasteiger partial charge in [-0.3, -0.25) is 4.90 Å². The number of aryl methyl sites for hydroxylation is 1. The Labute approximate surface area is 119 Å². The molecule has 1 aliphatic heterocycles. The van der Waals surface area contributed by atoms with E-state index < -0.39 is 6.10 Å². The number of rotatable bonds is 4. The quantitative estimate of drug-likeness (QED) is 0.826. The molecule has 0 bridgehead atoms. The van der Waals surface area contributed by atoms with Crippen LogP contribution >= 0.6 is 0 Å². The molecule has 0 saturated carbocycles. The Hall–Kier alpha value is -1.43. The van der Waals surface area contributed by atoms with Gasteiger partial charge in [-0.05, 0) is 23.6 Å². The van der Waals surface area contributed by atoms with E-state index in [1.54, 1.807) is 0 Å². The second-order valence-corrected chi connectivity index (χ2v) is 5.08. The molecule has 0 radical (unpaired) electrons. The number of hydrogen-bond donors (Lipinski definition) is 1. The standard InChI is InChI=1S/C15H22N2O3/c1-11-7-12(8-16)3-4-13(11)9-17-5-6-20-14(10-17)15(18)19-2/h3-4,7,14H,5-6,8-10,16H2,1-2H3. The highest BCUT2D eigenvalue weighted by molar-refractivity contribution is 5.74. The van der Waals surface area contributed by atoms with E-state index in [4.69, 9.17) is 15.2 Å². The molecule has 1 fully saturated rings. The zero-order chi connectivity index (χ0) is 14.5. The second-order valence-electron chi connectivity index (χ2n) is 5.08. The van der Waals surface area contributed by atoms with Crippen LogP contribution in [-0.2, 0) is 27.4 Å². The molecule has 5 heteroatoms. The topological polar surface area (TPSA) is 64.8 Å². The van der Waals surface area contributed by atoms with E-state index in [2.05, 4.69) is 30.0 Å². The third-order valence-corrected chi connectivity index (χ3v) is 3.65. The van der Waals surface area contributed by atoms with Gasteiger partial charge in [-0.25, -0.2) is 4.79 Å². The van der Waals surface area contributed by atoms with Gasteiger partial charge in [0.05, 0.1) is 13.7 Å². The number of methoxy groups -OCH3 is 1. The molecule has 1 heterocycles. The van der Waals surface area contributed by atoms with E-state index >= 15 is 0 Å². The molecular formula is C15H22N2O3. The van der Waals surface area contributed by atoms with Crippen molar-refractivity contribution in [2.45, 2.75) is 26.1 Å². The number of carbonyl (C=O) groups excluding carboxylic acids is 1. The van der Waals surface area contributed by atoms with E-state index in [1.165, 1.54) is 18.2 Å². The molecule has 2 N–H and O–H groups in total. The highest BCUT2D eigenvalue weighted by Crippen LogP contribution is 2.16. The minimum Gasteiger partial charge on any atom is -0.467 e. The SMILES string of the molecule is COC(=O)C1CN(Cc2ccc(CN)cc2C)CCO1. The smallest absolute Gasteiger partial charge is 0.336 e. The Morgan fingerprint density at radius 3 is 3.00 bits per heavy atom. The molecule has 1 aromatic carbocycles. The lowest BCUT2D eigenvalue weighted by Crippen LogP contribution is -2.46. The van der Waals surface area contributed by atoms with Crippen molar-refractivity contribution in [2.24, 2.45) is 5.73 Å². The summed E-state index contributed by atoms with van der Waals surface area (Å²) in [5.74, 6) is -0.301. The van der Waals surface area contributed by atoms with Gasteiger partial charge in [0.25, 0.3) is 0 Å². The maximum atomic E-state index is 11.5. The van der Waals surface area contributed by atoms with E-state index in [0.717, 1.165) is 18.7 Å². The Bertz CT molecular complexity index is 476. The average Bonchev–Trinajstić information content (AvgIpc) is 2.48. The summed E-state index contributed by atoms with van der Waals surface area (Å²) < 4.78 is 10.2. The lowest BCUT2D eigenvalue weighted by Gasteiger charge is -2.31. The van der Waals surface area contributed by atoms with Crippen LogP contribution < -0.4 is 5.73 Å². The molecule has 110 valence electrons. The van der Waals surface area contributed by atoms with Gasteiger partial charge >= 0.3 is 5.97 Å². The first-order valence-electron chi connectivity index (χ1n) is 6.84. The minimum atomic E-state index is -0.475. The number of morpholine rings is 1. The van der Waals surface area contributed by atoms with Gasteiger partial charge in [0.1, 0.15) is 0 Å². The van der Waals surface area contributed by atoms with Gasteiger partial charge in [-0.15, -0.1) is 0 Å². The predicted molar refractivity (Wildman–Crippen MR) is 76.1 cm³/mol. The van der Waals surface area contributed by atoms with Crippen molar-refractivity contribution in [2.75, 3.05) is 26.8 Å². The van der Waals surface area contributed by atoms with Gasteiger partial charge in [-0.1, -0.05) is 18.2 Å². The van der Waals surface area contributed by atoms with Crippen molar-refractivity contribution in [1.82, 2.24) is 4.90 Å². The lowest BCUT2D eigenvalue weighted by atomic mass is 10.0. The summed E-state index contributed by atoms with van der Waals surface area (Å²) in [7, 11) is 1.39. The molecule has 0 spiro atoms. The highest BCUT2D eigenvalue weighted by atomic mass is 16.6. The highest BCUT2D eigenvalue weighted by Gasteiger charge is 2.27. The average molecular weight is 278 g/mol. The van der Waals surface area contributed by atoms with Crippen LogP contribution in [0.3, 0.4) is 0 Å². The van der Waals surface area contributed by atoms with Crippen LogP contribution in [-0.4, -0.2) is 43.8 Å². The zero-order valence-corrected chi connectivity index (χ0v) is 12.1. The number of nitrogens with two attached hydrogens (primary N) is 1. The summed E-state index contributed by atoms with van der Waals surface area (Å²) in [6.45, 7) is 5.42. The normalized spacial score (nSPS) is 19.9. The lowest BCUT2D eigenvalue weighted by molar-refractivity contribution is -0.160. The van der Waals surface area contributed by atoms with Gasteiger partial charge in [0.2, 0.25) is 0 Å². The summed E-state index contributed by atoms with van der Waals surface area (Å²) >= 11 is 0. The largest absolute Gasteiger partial charge is 0.467 e. The summed E-state index contributed by atoms with van der Waals surface area (Å²) in [4.78, 5) is 13.7. The third kappa shape index (κ3) is 3.56. The number of nitrogens with zero attached hydrogens (tertiary/aromatic N) is 1. The summed E-state index contributed by atoms with van der Waals surface area (Å²) in [6.07, 6.45) is -0.475. The van der Waals surface area contributed by atoms with Crippen LogP contribution in [0.2, 0.25) is 0 Å². The molecule has 1 atom stereocenters. The van der Waals surface area contributed by atoms with Crippen LogP contribution in [0.5, 0.6) is 0 Å². The molecule has 1 unspecified atom stereocenters. The minimum absolute atomic E-state index is 0.301. The van der Waals surface area contributed by atoms with Crippen molar-refractivity contribution in [3.63, 3.8) is 0 Å². The monoisotopic (exact) mass is 278 g/mol. The fourth-order valence-electron chi connectivity index (χ4n) is 2.42. The first kappa shape index (κ1) is 15.0. The molecule has 5 nitrogen and oxygen atoms in total. The third-order valence-electron chi connectivity index (χ3n) is 3.65. The maximum absolute atomic E-state index is 11.5. The van der Waals surface area contributed by atoms with Crippen LogP contribution in [0, 0.1) is 6.92 Å².